The molecule has 1 saturated heterocycles. The third-order valence-electron chi connectivity index (χ3n) is 4.77. The van der Waals surface area contributed by atoms with Gasteiger partial charge in [-0.05, 0) is 44.9 Å². The number of likely N-dealkylation sites (tertiary alicyclic amines) is 1. The van der Waals surface area contributed by atoms with Crippen LogP contribution in [0.25, 0.3) is 0 Å². The molecule has 2 unspecified atom stereocenters. The molecule has 1 amide bonds. The van der Waals surface area contributed by atoms with Gasteiger partial charge in [0.05, 0.1) is 6.54 Å². The molecule has 0 aromatic heterocycles. The van der Waals surface area contributed by atoms with Gasteiger partial charge in [0.15, 0.2) is 17.7 Å². The largest absolute Gasteiger partial charge is 0.480 e. The lowest BCUT2D eigenvalue weighted by Crippen LogP contribution is -2.43. The smallest absolute Gasteiger partial charge is 0.317 e. The van der Waals surface area contributed by atoms with Crippen LogP contribution in [-0.4, -0.2) is 65.6 Å². The molecule has 26 heavy (non-hydrogen) atoms. The highest BCUT2D eigenvalue weighted by atomic mass is 19.1. The van der Waals surface area contributed by atoms with Gasteiger partial charge >= 0.3 is 5.97 Å². The highest BCUT2D eigenvalue weighted by Crippen LogP contribution is 2.21. The molecule has 2 rings (SSSR count). The molecular weight excluding hydrogens is 339 g/mol. The number of hydrogen-bond donors (Lipinski definition) is 1. The average Bonchev–Trinajstić information content (AvgIpc) is 2.86. The lowest BCUT2D eigenvalue weighted by molar-refractivity contribution is -0.140. The van der Waals surface area contributed by atoms with Crippen LogP contribution in [0.15, 0.2) is 24.3 Å². The maximum Gasteiger partial charge on any atom is 0.317 e. The van der Waals surface area contributed by atoms with E-state index in [1.165, 1.54) is 12.1 Å². The van der Waals surface area contributed by atoms with Gasteiger partial charge in [0, 0.05) is 19.1 Å². The first-order valence-electron chi connectivity index (χ1n) is 9.04. The number of carbonyl (C=O) groups excluding carboxylic acids is 1. The number of carboxylic acid groups (broad SMARTS) is 1. The predicted octanol–water partition coefficient (Wildman–Crippen LogP) is 2.38. The van der Waals surface area contributed by atoms with Crippen molar-refractivity contribution in [2.45, 2.75) is 44.8 Å². The summed E-state index contributed by atoms with van der Waals surface area (Å²) in [5.74, 6) is -1.39. The van der Waals surface area contributed by atoms with Crippen molar-refractivity contribution in [1.29, 1.82) is 0 Å². The zero-order chi connectivity index (χ0) is 19.1. The molecule has 0 radical (unpaired) electrons. The van der Waals surface area contributed by atoms with Gasteiger partial charge < -0.3 is 14.7 Å². The van der Waals surface area contributed by atoms with E-state index < -0.39 is 17.9 Å². The van der Waals surface area contributed by atoms with E-state index in [0.29, 0.717) is 25.9 Å². The van der Waals surface area contributed by atoms with Crippen LogP contribution < -0.4 is 4.74 Å². The lowest BCUT2D eigenvalue weighted by Gasteiger charge is -2.27. The molecule has 6 nitrogen and oxygen atoms in total. The quantitative estimate of drug-likeness (QED) is 0.802. The second-order valence-corrected chi connectivity index (χ2v) is 6.66. The third kappa shape index (κ3) is 5.42. The van der Waals surface area contributed by atoms with Gasteiger partial charge in [-0.3, -0.25) is 14.5 Å². The molecule has 144 valence electrons. The average molecular weight is 366 g/mol. The number of halogens is 1. The van der Waals surface area contributed by atoms with Crippen molar-refractivity contribution in [3.8, 4) is 5.75 Å². The normalized spacial score (nSPS) is 19.1. The molecule has 7 heteroatoms. The Bertz CT molecular complexity index is 625. The topological polar surface area (TPSA) is 70.1 Å². The minimum absolute atomic E-state index is 0.00735. The molecular formula is C19H27FN2O4. The van der Waals surface area contributed by atoms with E-state index in [-0.39, 0.29) is 24.2 Å². The van der Waals surface area contributed by atoms with Crippen molar-refractivity contribution in [3.63, 3.8) is 0 Å². The van der Waals surface area contributed by atoms with Crippen molar-refractivity contribution < 1.29 is 23.8 Å². The van der Waals surface area contributed by atoms with Gasteiger partial charge in [0.1, 0.15) is 0 Å². The number of nitrogens with zero attached hydrogens (tertiary/aromatic N) is 2. The highest BCUT2D eigenvalue weighted by molar-refractivity contribution is 5.81. The molecule has 1 fully saturated rings. The van der Waals surface area contributed by atoms with Crippen LogP contribution in [0.4, 0.5) is 4.39 Å². The fourth-order valence-corrected chi connectivity index (χ4v) is 3.29. The van der Waals surface area contributed by atoms with Gasteiger partial charge in [0.25, 0.3) is 5.91 Å². The van der Waals surface area contributed by atoms with Gasteiger partial charge in [-0.25, -0.2) is 4.39 Å². The molecule has 1 aliphatic rings. The Morgan fingerprint density at radius 1 is 1.35 bits per heavy atom. The van der Waals surface area contributed by atoms with Gasteiger partial charge in [-0.15, -0.1) is 0 Å². The maximum atomic E-state index is 13.8. The number of benzene rings is 1. The van der Waals surface area contributed by atoms with E-state index in [1.54, 1.807) is 24.1 Å². The first-order valence-corrected chi connectivity index (χ1v) is 9.04. The summed E-state index contributed by atoms with van der Waals surface area (Å²) in [7, 11) is 1.80. The van der Waals surface area contributed by atoms with Gasteiger partial charge in [0.2, 0.25) is 0 Å². The van der Waals surface area contributed by atoms with Crippen LogP contribution in [0, 0.1) is 5.82 Å². The van der Waals surface area contributed by atoms with E-state index in [0.717, 1.165) is 12.8 Å². The first kappa shape index (κ1) is 20.2. The van der Waals surface area contributed by atoms with E-state index in [1.807, 2.05) is 11.8 Å². The van der Waals surface area contributed by atoms with E-state index in [4.69, 9.17) is 9.84 Å². The Hall–Kier alpha value is -2.15. The van der Waals surface area contributed by atoms with E-state index in [2.05, 4.69) is 0 Å². The van der Waals surface area contributed by atoms with E-state index in [9.17, 15) is 14.0 Å². The van der Waals surface area contributed by atoms with Gasteiger partial charge in [-0.2, -0.15) is 0 Å². The summed E-state index contributed by atoms with van der Waals surface area (Å²) in [6.07, 6.45) is 2.09. The molecule has 0 aliphatic carbocycles. The molecule has 1 aromatic carbocycles. The maximum absolute atomic E-state index is 13.8. The Balaban J connectivity index is 1.97. The second kappa shape index (κ2) is 9.52. The Labute approximate surface area is 153 Å². The number of para-hydroxylation sites is 1. The molecule has 0 saturated carbocycles. The zero-order valence-electron chi connectivity index (χ0n) is 15.4. The number of rotatable bonds is 7. The van der Waals surface area contributed by atoms with Crippen LogP contribution in [-0.2, 0) is 9.59 Å². The molecule has 0 spiro atoms. The highest BCUT2D eigenvalue weighted by Gasteiger charge is 2.29. The summed E-state index contributed by atoms with van der Waals surface area (Å²) in [5.41, 5.74) is 0. The number of ether oxygens (including phenoxy) is 1. The number of aliphatic carboxylic acids is 1. The van der Waals surface area contributed by atoms with Crippen molar-refractivity contribution in [2.75, 3.05) is 26.7 Å². The summed E-state index contributed by atoms with van der Waals surface area (Å²) >= 11 is 0. The minimum atomic E-state index is -0.853. The van der Waals surface area contributed by atoms with E-state index >= 15 is 0 Å². The van der Waals surface area contributed by atoms with Crippen LogP contribution in [0.1, 0.15) is 32.6 Å². The third-order valence-corrected chi connectivity index (χ3v) is 4.77. The standard InChI is InChI=1S/C19H27FN2O4/c1-3-16(26-17-9-5-4-8-15(17)20)19(25)22-11-6-7-14(10-12-22)21(2)13-18(23)24/h4-5,8-9,14,16H,3,6-7,10-13H2,1-2H3,(H,23,24). The number of carbonyl (C=O) groups is 2. The summed E-state index contributed by atoms with van der Waals surface area (Å²) in [5, 5.41) is 8.94. The summed E-state index contributed by atoms with van der Waals surface area (Å²) in [6, 6.07) is 6.21. The van der Waals surface area contributed by atoms with Gasteiger partial charge in [-0.1, -0.05) is 19.1 Å². The number of amides is 1. The van der Waals surface area contributed by atoms with Crippen LogP contribution >= 0.6 is 0 Å². The fourth-order valence-electron chi connectivity index (χ4n) is 3.29. The SMILES string of the molecule is CCC(Oc1ccccc1F)C(=O)N1CCCC(N(C)CC(=O)O)CC1. The van der Waals surface area contributed by atoms with Crippen molar-refractivity contribution in [1.82, 2.24) is 9.80 Å². The molecule has 1 N–H and O–H groups in total. The molecule has 1 aliphatic heterocycles. The summed E-state index contributed by atoms with van der Waals surface area (Å²) in [6.45, 7) is 2.98. The van der Waals surface area contributed by atoms with Crippen molar-refractivity contribution in [2.24, 2.45) is 0 Å². The molecule has 0 bridgehead atoms. The zero-order valence-corrected chi connectivity index (χ0v) is 15.4. The lowest BCUT2D eigenvalue weighted by atomic mass is 10.1. The van der Waals surface area contributed by atoms with Crippen LogP contribution in [0.3, 0.4) is 0 Å². The van der Waals surface area contributed by atoms with Crippen molar-refractivity contribution in [3.05, 3.63) is 30.1 Å². The summed E-state index contributed by atoms with van der Waals surface area (Å²) in [4.78, 5) is 27.3. The van der Waals surface area contributed by atoms with Crippen molar-refractivity contribution >= 4 is 11.9 Å². The first-order chi connectivity index (χ1) is 12.4. The number of likely N-dealkylation sites (N-methyl/N-ethyl adjacent to an activating group) is 1. The monoisotopic (exact) mass is 366 g/mol. The number of carboxylic acids is 1. The minimum Gasteiger partial charge on any atom is -0.480 e. The van der Waals surface area contributed by atoms with Crippen LogP contribution in [0.5, 0.6) is 5.75 Å². The number of hydrogen-bond acceptors (Lipinski definition) is 4. The fraction of sp³-hybridized carbons (Fsp3) is 0.579. The Kier molecular flexibility index (Phi) is 7.38. The molecule has 2 atom stereocenters. The Morgan fingerprint density at radius 2 is 2.08 bits per heavy atom. The second-order valence-electron chi connectivity index (χ2n) is 6.66. The molecule has 1 aromatic rings. The van der Waals surface area contributed by atoms with Crippen LogP contribution in [0.2, 0.25) is 0 Å². The molecule has 1 heterocycles. The Morgan fingerprint density at radius 3 is 2.73 bits per heavy atom. The predicted molar refractivity (Wildman–Crippen MR) is 95.6 cm³/mol. The summed E-state index contributed by atoms with van der Waals surface area (Å²) < 4.78 is 19.4.